The molecule has 5 aliphatic rings. The summed E-state index contributed by atoms with van der Waals surface area (Å²) in [6.07, 6.45) is 6.61. The highest BCUT2D eigenvalue weighted by Gasteiger charge is 2.46. The molecule has 0 amide bonds. The Hall–Kier alpha value is -3.66. The topological polar surface area (TPSA) is 73.7 Å². The highest BCUT2D eigenvalue weighted by molar-refractivity contribution is 5.95. The van der Waals surface area contributed by atoms with E-state index >= 15 is 0 Å². The predicted molar refractivity (Wildman–Crippen MR) is 170 cm³/mol. The van der Waals surface area contributed by atoms with Crippen LogP contribution < -0.4 is 20.3 Å². The van der Waals surface area contributed by atoms with Crippen LogP contribution in [-0.4, -0.2) is 95.9 Å². The van der Waals surface area contributed by atoms with Gasteiger partial charge in [-0.05, 0) is 48.9 Å². The molecule has 4 aromatic rings. The summed E-state index contributed by atoms with van der Waals surface area (Å²) in [5, 5.41) is 8.09. The molecule has 9 nitrogen and oxygen atoms in total. The summed E-state index contributed by atoms with van der Waals surface area (Å²) in [7, 11) is 1.74. The molecule has 2 unspecified atom stereocenters. The number of likely N-dealkylation sites (tertiary alicyclic amines) is 2. The van der Waals surface area contributed by atoms with Gasteiger partial charge in [0.15, 0.2) is 0 Å². The van der Waals surface area contributed by atoms with Crippen molar-refractivity contribution in [3.05, 3.63) is 60.9 Å². The van der Waals surface area contributed by atoms with Gasteiger partial charge in [-0.1, -0.05) is 18.2 Å². The molecular formula is C34H40N8O. The lowest BCUT2D eigenvalue weighted by Gasteiger charge is -2.51. The average Bonchev–Trinajstić information content (AvgIpc) is 3.46. The Balaban J connectivity index is 0.882. The first-order valence-electron chi connectivity index (χ1n) is 16.0. The van der Waals surface area contributed by atoms with Crippen molar-refractivity contribution < 1.29 is 4.74 Å². The summed E-state index contributed by atoms with van der Waals surface area (Å²) in [5.74, 6) is 2.90. The fourth-order valence-electron chi connectivity index (χ4n) is 7.82. The first-order valence-corrected chi connectivity index (χ1v) is 16.0. The number of ether oxygens (including phenoxy) is 1. The van der Waals surface area contributed by atoms with E-state index < -0.39 is 0 Å². The number of fused-ring (bicyclic) bond motifs is 2. The lowest BCUT2D eigenvalue weighted by atomic mass is 10.0. The van der Waals surface area contributed by atoms with Gasteiger partial charge in [-0.3, -0.25) is 9.80 Å². The molecule has 1 saturated carbocycles. The molecule has 9 rings (SSSR count). The second-order valence-corrected chi connectivity index (χ2v) is 13.3. The van der Waals surface area contributed by atoms with Crippen LogP contribution in [-0.2, 0) is 0 Å². The average molecular weight is 577 g/mol. The normalized spacial score (nSPS) is 24.7. The SMILES string of the molecule is COc1cc(N2CC3CN(C4CN(C5CNC5)C4)CC3C2)ccc1Nc1nccc(-c2cn(C3CC3)c3ccccc23)n1. The number of hydrogen-bond donors (Lipinski definition) is 2. The van der Waals surface area contributed by atoms with E-state index in [0.717, 1.165) is 59.7 Å². The number of anilines is 3. The summed E-state index contributed by atoms with van der Waals surface area (Å²) in [4.78, 5) is 17.5. The van der Waals surface area contributed by atoms with Gasteiger partial charge >= 0.3 is 0 Å². The van der Waals surface area contributed by atoms with Crippen LogP contribution in [0.2, 0.25) is 0 Å². The molecular weight excluding hydrogens is 536 g/mol. The van der Waals surface area contributed by atoms with Crippen molar-refractivity contribution in [3.63, 3.8) is 0 Å². The van der Waals surface area contributed by atoms with Crippen LogP contribution in [0.1, 0.15) is 18.9 Å². The van der Waals surface area contributed by atoms with E-state index in [2.05, 4.69) is 83.5 Å². The van der Waals surface area contributed by atoms with E-state index in [1.54, 1.807) is 7.11 Å². The van der Waals surface area contributed by atoms with Crippen molar-refractivity contribution in [2.75, 3.05) is 69.7 Å². The van der Waals surface area contributed by atoms with E-state index in [0.29, 0.717) is 12.0 Å². The summed E-state index contributed by atoms with van der Waals surface area (Å²) >= 11 is 0. The zero-order valence-electron chi connectivity index (χ0n) is 24.8. The second kappa shape index (κ2) is 10.2. The van der Waals surface area contributed by atoms with Gasteiger partial charge in [0.05, 0.1) is 18.5 Å². The summed E-state index contributed by atoms with van der Waals surface area (Å²) in [6.45, 7) is 9.61. The minimum Gasteiger partial charge on any atom is -0.494 e. The van der Waals surface area contributed by atoms with E-state index in [4.69, 9.17) is 9.72 Å². The molecule has 4 saturated heterocycles. The molecule has 5 fully saturated rings. The minimum absolute atomic E-state index is 0.575. The number of nitrogens with zero attached hydrogens (tertiary/aromatic N) is 6. The van der Waals surface area contributed by atoms with Gasteiger partial charge in [0.25, 0.3) is 0 Å². The van der Waals surface area contributed by atoms with Crippen molar-refractivity contribution in [1.82, 2.24) is 29.7 Å². The molecule has 2 aromatic heterocycles. The Morgan fingerprint density at radius 2 is 1.65 bits per heavy atom. The van der Waals surface area contributed by atoms with Crippen molar-refractivity contribution in [2.45, 2.75) is 31.0 Å². The lowest BCUT2D eigenvalue weighted by molar-refractivity contribution is -0.00354. The maximum atomic E-state index is 5.87. The van der Waals surface area contributed by atoms with E-state index in [-0.39, 0.29) is 0 Å². The van der Waals surface area contributed by atoms with Gasteiger partial charge in [-0.2, -0.15) is 0 Å². The van der Waals surface area contributed by atoms with Crippen molar-refractivity contribution in [1.29, 1.82) is 0 Å². The zero-order chi connectivity index (χ0) is 28.5. The number of aromatic nitrogens is 3. The number of para-hydroxylation sites is 1. The molecule has 6 heterocycles. The Morgan fingerprint density at radius 3 is 2.40 bits per heavy atom. The number of nitrogens with one attached hydrogen (secondary N) is 2. The van der Waals surface area contributed by atoms with E-state index in [1.807, 2.05) is 12.3 Å². The maximum Gasteiger partial charge on any atom is 0.227 e. The van der Waals surface area contributed by atoms with Crippen LogP contribution in [0.15, 0.2) is 60.9 Å². The molecule has 4 aliphatic heterocycles. The lowest BCUT2D eigenvalue weighted by Crippen LogP contribution is -2.68. The van der Waals surface area contributed by atoms with Crippen LogP contribution in [0.5, 0.6) is 5.75 Å². The molecule has 0 radical (unpaired) electrons. The quantitative estimate of drug-likeness (QED) is 0.323. The Morgan fingerprint density at radius 1 is 0.860 bits per heavy atom. The second-order valence-electron chi connectivity index (χ2n) is 13.3. The van der Waals surface area contributed by atoms with Gasteiger partial charge < -0.3 is 24.8 Å². The van der Waals surface area contributed by atoms with Crippen molar-refractivity contribution in [3.8, 4) is 17.0 Å². The predicted octanol–water partition coefficient (Wildman–Crippen LogP) is 4.21. The fraction of sp³-hybridized carbons (Fsp3) is 0.471. The van der Waals surface area contributed by atoms with Gasteiger partial charge in [0, 0.05) is 111 Å². The summed E-state index contributed by atoms with van der Waals surface area (Å²) < 4.78 is 8.29. The monoisotopic (exact) mass is 576 g/mol. The summed E-state index contributed by atoms with van der Waals surface area (Å²) in [5.41, 5.74) is 5.47. The number of methoxy groups -OCH3 is 1. The zero-order valence-corrected chi connectivity index (χ0v) is 24.8. The van der Waals surface area contributed by atoms with Gasteiger partial charge in [-0.15, -0.1) is 0 Å². The molecule has 0 bridgehead atoms. The largest absolute Gasteiger partial charge is 0.494 e. The Kier molecular flexibility index (Phi) is 6.13. The number of rotatable bonds is 8. The maximum absolute atomic E-state index is 5.87. The highest BCUT2D eigenvalue weighted by atomic mass is 16.5. The van der Waals surface area contributed by atoms with Crippen LogP contribution in [0.3, 0.4) is 0 Å². The van der Waals surface area contributed by atoms with Gasteiger partial charge in [0.2, 0.25) is 5.95 Å². The minimum atomic E-state index is 0.575. The van der Waals surface area contributed by atoms with Crippen LogP contribution in [0.25, 0.3) is 22.2 Å². The van der Waals surface area contributed by atoms with E-state index in [9.17, 15) is 0 Å². The number of benzene rings is 2. The third-order valence-corrected chi connectivity index (χ3v) is 10.6. The molecule has 0 spiro atoms. The smallest absolute Gasteiger partial charge is 0.227 e. The molecule has 1 aliphatic carbocycles. The third-order valence-electron chi connectivity index (χ3n) is 10.6. The van der Waals surface area contributed by atoms with Crippen LogP contribution in [0, 0.1) is 11.8 Å². The molecule has 9 heteroatoms. The first kappa shape index (κ1) is 25.8. The molecule has 2 aromatic carbocycles. The van der Waals surface area contributed by atoms with Crippen LogP contribution >= 0.6 is 0 Å². The Labute approximate surface area is 252 Å². The van der Waals surface area contributed by atoms with Gasteiger partial charge in [-0.25, -0.2) is 9.97 Å². The van der Waals surface area contributed by atoms with Crippen molar-refractivity contribution >= 4 is 28.2 Å². The molecule has 43 heavy (non-hydrogen) atoms. The highest BCUT2D eigenvalue weighted by Crippen LogP contribution is 2.42. The summed E-state index contributed by atoms with van der Waals surface area (Å²) in [6, 6.07) is 19.3. The number of hydrogen-bond acceptors (Lipinski definition) is 8. The molecule has 222 valence electrons. The fourth-order valence-corrected chi connectivity index (χ4v) is 7.82. The van der Waals surface area contributed by atoms with Gasteiger partial charge in [0.1, 0.15) is 5.75 Å². The molecule has 2 N–H and O–H groups in total. The van der Waals surface area contributed by atoms with Crippen molar-refractivity contribution in [2.24, 2.45) is 11.8 Å². The first-order chi connectivity index (χ1) is 21.2. The standard InChI is InChI=1S/C34H40N8O/c1-43-33-12-25(39-15-22-17-40(18-23(22)16-39)27-19-41(20-27)26-13-35-14-26)8-9-31(33)38-34-36-11-10-30(37-34)29-21-42(24-6-7-24)32-5-3-2-4-28(29)32/h2-5,8-12,21-24,26-27,35H,6-7,13-20H2,1H3,(H,36,37,38). The van der Waals surface area contributed by atoms with Crippen LogP contribution in [0.4, 0.5) is 17.3 Å². The Bertz CT molecular complexity index is 1640. The van der Waals surface area contributed by atoms with E-state index in [1.165, 1.54) is 68.7 Å². The molecule has 2 atom stereocenters. The third kappa shape index (κ3) is 4.56.